The first kappa shape index (κ1) is 21.7. The van der Waals surface area contributed by atoms with Crippen molar-refractivity contribution >= 4 is 34.1 Å². The molecule has 0 radical (unpaired) electrons. The molecule has 1 fully saturated rings. The zero-order chi connectivity index (χ0) is 23.8. The summed E-state index contributed by atoms with van der Waals surface area (Å²) in [5.41, 5.74) is 8.46. The fourth-order valence-corrected chi connectivity index (χ4v) is 4.54. The number of rotatable bonds is 3. The van der Waals surface area contributed by atoms with E-state index in [1.54, 1.807) is 18.3 Å². The van der Waals surface area contributed by atoms with Crippen LogP contribution in [0.15, 0.2) is 24.5 Å². The first-order chi connectivity index (χ1) is 16.5. The predicted molar refractivity (Wildman–Crippen MR) is 125 cm³/mol. The Morgan fingerprint density at radius 1 is 1.32 bits per heavy atom. The lowest BCUT2D eigenvalue weighted by atomic mass is 9.97. The van der Waals surface area contributed by atoms with Crippen molar-refractivity contribution in [3.05, 3.63) is 35.9 Å². The van der Waals surface area contributed by atoms with E-state index in [0.29, 0.717) is 41.8 Å². The van der Waals surface area contributed by atoms with E-state index in [-0.39, 0.29) is 23.0 Å². The Balaban J connectivity index is 1.47. The summed E-state index contributed by atoms with van der Waals surface area (Å²) in [5, 5.41) is 16.0. The number of carbonyl (C=O) groups excluding carboxylic acids is 1. The number of nitrogens with one attached hydrogen (secondary N) is 2. The van der Waals surface area contributed by atoms with Crippen molar-refractivity contribution in [2.45, 2.75) is 32.3 Å². The highest BCUT2D eigenvalue weighted by Crippen LogP contribution is 2.39. The van der Waals surface area contributed by atoms with Gasteiger partial charge in [-0.05, 0) is 49.3 Å². The van der Waals surface area contributed by atoms with Gasteiger partial charge in [-0.2, -0.15) is 5.26 Å². The monoisotopic (exact) mass is 462 g/mol. The van der Waals surface area contributed by atoms with Gasteiger partial charge in [0.1, 0.15) is 24.2 Å². The SMILES string of the molecule is Cc1c(-c2cc3cc(NC(=O)O[C@@H]4CCC[C@H]4C#N)ncc3c(N)c2F)cnc2c1NCCO2. The van der Waals surface area contributed by atoms with Crippen LogP contribution in [0.25, 0.3) is 21.9 Å². The van der Waals surface area contributed by atoms with Gasteiger partial charge in [-0.25, -0.2) is 19.2 Å². The van der Waals surface area contributed by atoms with Crippen LogP contribution in [-0.4, -0.2) is 35.3 Å². The molecule has 5 rings (SSSR count). The fourth-order valence-electron chi connectivity index (χ4n) is 4.54. The molecule has 3 heterocycles. The molecule has 2 aliphatic rings. The molecule has 1 aromatic carbocycles. The first-order valence-corrected chi connectivity index (χ1v) is 11.1. The zero-order valence-electron chi connectivity index (χ0n) is 18.5. The number of amides is 1. The van der Waals surface area contributed by atoms with Gasteiger partial charge >= 0.3 is 6.09 Å². The summed E-state index contributed by atoms with van der Waals surface area (Å²) in [4.78, 5) is 20.9. The molecule has 1 aliphatic carbocycles. The van der Waals surface area contributed by atoms with E-state index in [4.69, 9.17) is 15.2 Å². The van der Waals surface area contributed by atoms with Gasteiger partial charge in [0.15, 0.2) is 5.82 Å². The fraction of sp³-hybridized carbons (Fsp3) is 0.333. The predicted octanol–water partition coefficient (Wildman–Crippen LogP) is 4.37. The highest BCUT2D eigenvalue weighted by molar-refractivity contribution is 5.99. The maximum atomic E-state index is 15.3. The molecule has 0 bridgehead atoms. The lowest BCUT2D eigenvalue weighted by Gasteiger charge is -2.22. The molecular weight excluding hydrogens is 439 g/mol. The van der Waals surface area contributed by atoms with Crippen LogP contribution in [0.3, 0.4) is 0 Å². The van der Waals surface area contributed by atoms with E-state index >= 15 is 4.39 Å². The summed E-state index contributed by atoms with van der Waals surface area (Å²) in [7, 11) is 0. The van der Waals surface area contributed by atoms with Crippen LogP contribution in [0, 0.1) is 30.0 Å². The van der Waals surface area contributed by atoms with Crippen molar-refractivity contribution in [1.29, 1.82) is 5.26 Å². The number of aromatic nitrogens is 2. The van der Waals surface area contributed by atoms with Gasteiger partial charge in [-0.15, -0.1) is 0 Å². The minimum atomic E-state index is -0.685. The molecule has 2 atom stereocenters. The molecule has 10 heteroatoms. The Hall–Kier alpha value is -4.13. The second-order valence-corrected chi connectivity index (χ2v) is 8.43. The summed E-state index contributed by atoms with van der Waals surface area (Å²) in [6.45, 7) is 3.01. The van der Waals surface area contributed by atoms with E-state index in [1.165, 1.54) is 6.20 Å². The summed E-state index contributed by atoms with van der Waals surface area (Å²) in [5.74, 6) is -0.151. The van der Waals surface area contributed by atoms with Gasteiger partial charge in [0, 0.05) is 35.5 Å². The average Bonchev–Trinajstić information content (AvgIpc) is 3.29. The van der Waals surface area contributed by atoms with Crippen LogP contribution in [0.1, 0.15) is 24.8 Å². The number of fused-ring (bicyclic) bond motifs is 2. The van der Waals surface area contributed by atoms with Crippen LogP contribution in [0.5, 0.6) is 5.88 Å². The molecule has 0 spiro atoms. The van der Waals surface area contributed by atoms with Crippen molar-refractivity contribution in [2.24, 2.45) is 5.92 Å². The molecule has 2 aromatic heterocycles. The van der Waals surface area contributed by atoms with Crippen LogP contribution in [0.4, 0.5) is 26.4 Å². The number of halogens is 1. The summed E-state index contributed by atoms with van der Waals surface area (Å²) in [6, 6.07) is 5.44. The molecule has 1 aliphatic heterocycles. The smallest absolute Gasteiger partial charge is 0.413 e. The number of hydrogen-bond donors (Lipinski definition) is 3. The van der Waals surface area contributed by atoms with Crippen LogP contribution < -0.4 is 21.1 Å². The lowest BCUT2D eigenvalue weighted by molar-refractivity contribution is 0.0999. The van der Waals surface area contributed by atoms with Gasteiger partial charge < -0.3 is 20.5 Å². The number of carbonyl (C=O) groups is 1. The Morgan fingerprint density at radius 2 is 2.18 bits per heavy atom. The number of hydrogen-bond acceptors (Lipinski definition) is 8. The lowest BCUT2D eigenvalue weighted by Crippen LogP contribution is -2.25. The topological polar surface area (TPSA) is 135 Å². The number of nitrogens with two attached hydrogens (primary N) is 1. The third-order valence-corrected chi connectivity index (χ3v) is 6.34. The third-order valence-electron chi connectivity index (χ3n) is 6.34. The number of nitriles is 1. The largest absolute Gasteiger partial charge is 0.474 e. The van der Waals surface area contributed by atoms with Crippen molar-refractivity contribution in [3.63, 3.8) is 0 Å². The van der Waals surface area contributed by atoms with Crippen LogP contribution in [0.2, 0.25) is 0 Å². The number of ether oxygens (including phenoxy) is 2. The number of pyridine rings is 2. The van der Waals surface area contributed by atoms with Gasteiger partial charge in [0.2, 0.25) is 5.88 Å². The summed E-state index contributed by atoms with van der Waals surface area (Å²) in [6.07, 6.45) is 4.08. The Labute approximate surface area is 195 Å². The van der Waals surface area contributed by atoms with E-state index in [1.807, 2.05) is 6.92 Å². The minimum Gasteiger partial charge on any atom is -0.474 e. The van der Waals surface area contributed by atoms with E-state index in [0.717, 1.165) is 24.1 Å². The molecular formula is C24H23FN6O3. The zero-order valence-corrected chi connectivity index (χ0v) is 18.5. The molecule has 9 nitrogen and oxygen atoms in total. The summed E-state index contributed by atoms with van der Waals surface area (Å²) < 4.78 is 26.3. The van der Waals surface area contributed by atoms with E-state index in [9.17, 15) is 10.1 Å². The first-order valence-electron chi connectivity index (χ1n) is 11.1. The number of nitrogen functional groups attached to an aromatic ring is 1. The van der Waals surface area contributed by atoms with Crippen LogP contribution in [-0.2, 0) is 4.74 Å². The maximum Gasteiger partial charge on any atom is 0.413 e. The molecule has 3 aromatic rings. The molecule has 0 unspecified atom stereocenters. The quantitative estimate of drug-likeness (QED) is 0.488. The Morgan fingerprint density at radius 3 is 3.00 bits per heavy atom. The maximum absolute atomic E-state index is 15.3. The normalized spacial score (nSPS) is 19.0. The third kappa shape index (κ3) is 3.79. The Bertz CT molecular complexity index is 1340. The molecule has 34 heavy (non-hydrogen) atoms. The second kappa shape index (κ2) is 8.67. The van der Waals surface area contributed by atoms with Gasteiger partial charge in [0.05, 0.1) is 17.7 Å². The van der Waals surface area contributed by atoms with Gasteiger partial charge in [0.25, 0.3) is 0 Å². The Kier molecular flexibility index (Phi) is 5.53. The summed E-state index contributed by atoms with van der Waals surface area (Å²) >= 11 is 0. The number of benzene rings is 1. The number of anilines is 3. The van der Waals surface area contributed by atoms with E-state index in [2.05, 4.69) is 26.7 Å². The molecule has 4 N–H and O–H groups in total. The second-order valence-electron chi connectivity index (χ2n) is 8.43. The van der Waals surface area contributed by atoms with Crippen molar-refractivity contribution in [2.75, 3.05) is 29.5 Å². The standard InChI is InChI=1S/C24H23FN6O3/c1-12-16(10-30-23-22(12)28-5-6-33-23)15-7-14-8-19(29-11-17(14)21(27)20(15)25)31-24(32)34-18-4-2-3-13(18)9-26/h7-8,10-11,13,18,28H,2-6,27H2,1H3,(H,29,31,32)/t13-,18+/m0/s1. The van der Waals surface area contributed by atoms with Gasteiger partial charge in [-0.1, -0.05) is 0 Å². The minimum absolute atomic E-state index is 0.0433. The van der Waals surface area contributed by atoms with Crippen molar-refractivity contribution in [1.82, 2.24) is 9.97 Å². The molecule has 1 saturated carbocycles. The molecule has 0 saturated heterocycles. The van der Waals surface area contributed by atoms with Crippen LogP contribution >= 0.6 is 0 Å². The van der Waals surface area contributed by atoms with Gasteiger partial charge in [-0.3, -0.25) is 5.32 Å². The molecule has 1 amide bonds. The molecule has 174 valence electrons. The van der Waals surface area contributed by atoms with E-state index < -0.39 is 18.0 Å². The highest BCUT2D eigenvalue weighted by atomic mass is 19.1. The van der Waals surface area contributed by atoms with Crippen molar-refractivity contribution in [3.8, 4) is 23.1 Å². The number of nitrogens with zero attached hydrogens (tertiary/aromatic N) is 3. The van der Waals surface area contributed by atoms with Crippen molar-refractivity contribution < 1.29 is 18.7 Å². The highest BCUT2D eigenvalue weighted by Gasteiger charge is 2.30. The average molecular weight is 462 g/mol.